The first-order valence-electron chi connectivity index (χ1n) is 9.61. The maximum Gasteiger partial charge on any atom is 0.453 e. The lowest BCUT2D eigenvalue weighted by Gasteiger charge is -2.14. The third-order valence-electron chi connectivity index (χ3n) is 4.63. The summed E-state index contributed by atoms with van der Waals surface area (Å²) in [4.78, 5) is 35.5. The van der Waals surface area contributed by atoms with Gasteiger partial charge in [0.2, 0.25) is 11.2 Å². The molecule has 0 unspecified atom stereocenters. The molecule has 0 bridgehead atoms. The van der Waals surface area contributed by atoms with Crippen molar-refractivity contribution in [3.63, 3.8) is 0 Å². The topological polar surface area (TPSA) is 109 Å². The van der Waals surface area contributed by atoms with Gasteiger partial charge in [-0.2, -0.15) is 13.2 Å². The van der Waals surface area contributed by atoms with Gasteiger partial charge in [0.05, 0.1) is 20.3 Å². The van der Waals surface area contributed by atoms with Crippen molar-refractivity contribution in [2.24, 2.45) is 0 Å². The van der Waals surface area contributed by atoms with E-state index >= 15 is 0 Å². The molecule has 0 saturated heterocycles. The molecule has 0 radical (unpaired) electrons. The lowest BCUT2D eigenvalue weighted by molar-refractivity contribution is -0.384. The lowest BCUT2D eigenvalue weighted by atomic mass is 10.2. The summed E-state index contributed by atoms with van der Waals surface area (Å²) in [6.07, 6.45) is -5.08. The van der Waals surface area contributed by atoms with E-state index < -0.39 is 39.6 Å². The largest absolute Gasteiger partial charge is 0.453 e. The molecule has 0 amide bonds. The summed E-state index contributed by atoms with van der Waals surface area (Å²) >= 11 is 3.14. The predicted molar refractivity (Wildman–Crippen MR) is 120 cm³/mol. The Labute approximate surface area is 201 Å². The van der Waals surface area contributed by atoms with Crippen LogP contribution >= 0.6 is 15.9 Å². The molecule has 0 aliphatic carbocycles. The standard InChI is InChI=1S/C23H11BrF3NO7/c24-16-6-1-2-7-17(16)34-20-19(29)15-9-8-14(11-18(15)35-21(20)23(25,26)27)33-22(30)12-4-3-5-13(10-12)28(31)32/h1-11H. The zero-order valence-corrected chi connectivity index (χ0v) is 18.8. The minimum Gasteiger partial charge on any atom is -0.448 e. The molecule has 8 nitrogen and oxygen atoms in total. The number of non-ortho nitro benzene ring substituents is 1. The van der Waals surface area contributed by atoms with E-state index in [1.54, 1.807) is 6.07 Å². The molecule has 0 atom stereocenters. The summed E-state index contributed by atoms with van der Waals surface area (Å²) in [6, 6.07) is 13.9. The van der Waals surface area contributed by atoms with Crippen LogP contribution in [-0.4, -0.2) is 10.9 Å². The van der Waals surface area contributed by atoms with Crippen LogP contribution in [0.25, 0.3) is 11.0 Å². The van der Waals surface area contributed by atoms with Gasteiger partial charge in [-0.25, -0.2) is 4.79 Å². The Morgan fingerprint density at radius 2 is 1.77 bits per heavy atom. The first-order chi connectivity index (χ1) is 16.5. The smallest absolute Gasteiger partial charge is 0.448 e. The number of fused-ring (bicyclic) bond motifs is 1. The molecule has 4 aromatic rings. The van der Waals surface area contributed by atoms with Gasteiger partial charge >= 0.3 is 12.1 Å². The fourth-order valence-corrected chi connectivity index (χ4v) is 3.41. The van der Waals surface area contributed by atoms with Crippen molar-refractivity contribution >= 4 is 38.6 Å². The molecule has 0 aliphatic rings. The monoisotopic (exact) mass is 549 g/mol. The zero-order valence-electron chi connectivity index (χ0n) is 17.2. The maximum atomic E-state index is 13.7. The van der Waals surface area contributed by atoms with E-state index in [0.29, 0.717) is 4.47 Å². The number of nitro groups is 1. The third-order valence-corrected chi connectivity index (χ3v) is 5.29. The average Bonchev–Trinajstić information content (AvgIpc) is 2.81. The Kier molecular flexibility index (Phi) is 6.31. The van der Waals surface area contributed by atoms with Crippen LogP contribution in [0.15, 0.2) is 80.4 Å². The van der Waals surface area contributed by atoms with Gasteiger partial charge in [-0.05, 0) is 46.3 Å². The average molecular weight is 550 g/mol. The van der Waals surface area contributed by atoms with Crippen LogP contribution in [0.2, 0.25) is 0 Å². The number of halogens is 4. The predicted octanol–water partition coefficient (Wildman–Crippen LogP) is 6.49. The Hall–Kier alpha value is -4.19. The fourth-order valence-electron chi connectivity index (χ4n) is 3.05. The first-order valence-corrected chi connectivity index (χ1v) is 10.4. The quantitative estimate of drug-likeness (QED) is 0.121. The van der Waals surface area contributed by atoms with Crippen molar-refractivity contribution in [1.29, 1.82) is 0 Å². The van der Waals surface area contributed by atoms with Gasteiger partial charge in [0.25, 0.3) is 11.4 Å². The van der Waals surface area contributed by atoms with Crippen molar-refractivity contribution in [2.75, 3.05) is 0 Å². The molecule has 12 heteroatoms. The van der Waals surface area contributed by atoms with E-state index in [1.165, 1.54) is 42.5 Å². The molecule has 0 saturated carbocycles. The second-order valence-electron chi connectivity index (χ2n) is 6.97. The Morgan fingerprint density at radius 3 is 2.46 bits per heavy atom. The molecule has 1 heterocycles. The number of nitro benzene ring substituents is 1. The number of benzene rings is 3. The van der Waals surface area contributed by atoms with E-state index in [-0.39, 0.29) is 28.1 Å². The number of esters is 1. The van der Waals surface area contributed by atoms with Gasteiger partial charge in [0, 0.05) is 18.2 Å². The molecular weight excluding hydrogens is 539 g/mol. The summed E-state index contributed by atoms with van der Waals surface area (Å²) in [6.45, 7) is 0. The summed E-state index contributed by atoms with van der Waals surface area (Å²) in [7, 11) is 0. The lowest BCUT2D eigenvalue weighted by Crippen LogP contribution is -2.16. The zero-order chi connectivity index (χ0) is 25.3. The SMILES string of the molecule is O=C(Oc1ccc2c(=O)c(Oc3ccccc3Br)c(C(F)(F)F)oc2c1)c1cccc([N+](=O)[O-])c1. The second kappa shape index (κ2) is 9.22. The Bertz CT molecular complexity index is 1530. The molecule has 0 N–H and O–H groups in total. The van der Waals surface area contributed by atoms with Gasteiger partial charge in [-0.1, -0.05) is 18.2 Å². The van der Waals surface area contributed by atoms with Gasteiger partial charge < -0.3 is 13.9 Å². The number of hydrogen-bond donors (Lipinski definition) is 0. The van der Waals surface area contributed by atoms with Gasteiger partial charge in [-0.15, -0.1) is 0 Å². The Morgan fingerprint density at radius 1 is 1.03 bits per heavy atom. The number of para-hydroxylation sites is 1. The number of carbonyl (C=O) groups is 1. The summed E-state index contributed by atoms with van der Waals surface area (Å²) < 4.78 is 56.9. The Balaban J connectivity index is 1.75. The van der Waals surface area contributed by atoms with E-state index in [4.69, 9.17) is 13.9 Å². The summed E-state index contributed by atoms with van der Waals surface area (Å²) in [5.74, 6) is -4.01. The minimum absolute atomic E-state index is 0.0350. The van der Waals surface area contributed by atoms with Crippen molar-refractivity contribution in [3.8, 4) is 17.2 Å². The number of rotatable bonds is 5. The molecule has 35 heavy (non-hydrogen) atoms. The summed E-state index contributed by atoms with van der Waals surface area (Å²) in [5.41, 5.74) is -2.11. The van der Waals surface area contributed by atoms with Crippen LogP contribution in [0.3, 0.4) is 0 Å². The molecule has 4 rings (SSSR count). The molecule has 178 valence electrons. The molecule has 3 aromatic carbocycles. The molecule has 0 aliphatic heterocycles. The van der Waals surface area contributed by atoms with Crippen LogP contribution in [0.5, 0.6) is 17.2 Å². The highest BCUT2D eigenvalue weighted by Gasteiger charge is 2.40. The van der Waals surface area contributed by atoms with Crippen LogP contribution < -0.4 is 14.9 Å². The molecule has 1 aromatic heterocycles. The third kappa shape index (κ3) is 5.01. The normalized spacial score (nSPS) is 11.3. The number of ether oxygens (including phenoxy) is 2. The van der Waals surface area contributed by atoms with Gasteiger partial charge in [-0.3, -0.25) is 14.9 Å². The van der Waals surface area contributed by atoms with Crippen molar-refractivity contribution in [3.05, 3.63) is 103 Å². The maximum absolute atomic E-state index is 13.7. The molecule has 0 spiro atoms. The van der Waals surface area contributed by atoms with Crippen LogP contribution in [0, 0.1) is 10.1 Å². The van der Waals surface area contributed by atoms with E-state index in [9.17, 15) is 32.9 Å². The second-order valence-corrected chi connectivity index (χ2v) is 7.83. The van der Waals surface area contributed by atoms with Crippen molar-refractivity contribution < 1.29 is 36.8 Å². The number of nitrogens with zero attached hydrogens (tertiary/aromatic N) is 1. The first kappa shape index (κ1) is 24.0. The van der Waals surface area contributed by atoms with Gasteiger partial charge in [0.1, 0.15) is 17.1 Å². The number of alkyl halides is 3. The van der Waals surface area contributed by atoms with E-state index in [1.807, 2.05) is 0 Å². The van der Waals surface area contributed by atoms with E-state index in [0.717, 1.165) is 18.2 Å². The van der Waals surface area contributed by atoms with E-state index in [2.05, 4.69) is 15.9 Å². The highest BCUT2D eigenvalue weighted by atomic mass is 79.9. The highest BCUT2D eigenvalue weighted by molar-refractivity contribution is 9.10. The van der Waals surface area contributed by atoms with Crippen LogP contribution in [0.4, 0.5) is 18.9 Å². The van der Waals surface area contributed by atoms with Crippen LogP contribution in [0.1, 0.15) is 16.1 Å². The number of hydrogen-bond acceptors (Lipinski definition) is 7. The molecular formula is C23H11BrF3NO7. The minimum atomic E-state index is -5.08. The molecule has 0 fully saturated rings. The van der Waals surface area contributed by atoms with Gasteiger partial charge in [0.15, 0.2) is 0 Å². The number of carbonyl (C=O) groups excluding carboxylic acids is 1. The van der Waals surface area contributed by atoms with Crippen LogP contribution in [-0.2, 0) is 6.18 Å². The summed E-state index contributed by atoms with van der Waals surface area (Å²) in [5, 5.41) is 10.6. The van der Waals surface area contributed by atoms with Crippen molar-refractivity contribution in [1.82, 2.24) is 0 Å². The van der Waals surface area contributed by atoms with Crippen molar-refractivity contribution in [2.45, 2.75) is 6.18 Å². The highest BCUT2D eigenvalue weighted by Crippen LogP contribution is 2.40. The fraction of sp³-hybridized carbons (Fsp3) is 0.0435.